The zero-order valence-corrected chi connectivity index (χ0v) is 17.3. The molecule has 4 aromatic rings. The molecule has 0 atom stereocenters. The third-order valence-electron chi connectivity index (χ3n) is 5.44. The number of carbonyl (C=O) groups excluding carboxylic acids is 1. The second-order valence-corrected chi connectivity index (χ2v) is 7.54. The number of ether oxygens (including phenoxy) is 1. The van der Waals surface area contributed by atoms with Crippen LogP contribution in [0.15, 0.2) is 72.9 Å². The normalized spacial score (nSPS) is 13.8. The van der Waals surface area contributed by atoms with Crippen LogP contribution in [0.25, 0.3) is 22.2 Å². The molecule has 0 spiro atoms. The van der Waals surface area contributed by atoms with Crippen LogP contribution in [0.4, 0.5) is 15.9 Å². The van der Waals surface area contributed by atoms with Gasteiger partial charge in [-0.15, -0.1) is 0 Å². The van der Waals surface area contributed by atoms with Crippen LogP contribution in [0.3, 0.4) is 0 Å². The van der Waals surface area contributed by atoms with Gasteiger partial charge in [-0.2, -0.15) is 0 Å². The van der Waals surface area contributed by atoms with Crippen LogP contribution in [0, 0.1) is 5.82 Å². The summed E-state index contributed by atoms with van der Waals surface area (Å²) in [5.74, 6) is 0.285. The van der Waals surface area contributed by atoms with E-state index in [4.69, 9.17) is 4.74 Å². The molecule has 1 aliphatic rings. The molecule has 0 bridgehead atoms. The number of anilines is 2. The van der Waals surface area contributed by atoms with Gasteiger partial charge < -0.3 is 15.0 Å². The van der Waals surface area contributed by atoms with Gasteiger partial charge in [0.1, 0.15) is 11.6 Å². The van der Waals surface area contributed by atoms with Crippen molar-refractivity contribution in [2.75, 3.05) is 36.5 Å². The average molecular weight is 428 g/mol. The Labute approximate surface area is 184 Å². The lowest BCUT2D eigenvalue weighted by molar-refractivity contribution is 0.102. The minimum absolute atomic E-state index is 0.257. The highest BCUT2D eigenvalue weighted by Crippen LogP contribution is 2.26. The number of halogens is 1. The summed E-state index contributed by atoms with van der Waals surface area (Å²) >= 11 is 0. The largest absolute Gasteiger partial charge is 0.378 e. The van der Waals surface area contributed by atoms with Crippen LogP contribution in [-0.2, 0) is 4.74 Å². The first-order valence-corrected chi connectivity index (χ1v) is 10.4. The quantitative estimate of drug-likeness (QED) is 0.518. The molecular weight excluding hydrogens is 407 g/mol. The number of benzene rings is 2. The summed E-state index contributed by atoms with van der Waals surface area (Å²) in [6, 6.07) is 19.0. The lowest BCUT2D eigenvalue weighted by atomic mass is 10.0. The number of carbonyl (C=O) groups is 1. The summed E-state index contributed by atoms with van der Waals surface area (Å²) < 4.78 is 18.7. The molecule has 2 aromatic carbocycles. The molecule has 1 aliphatic heterocycles. The number of para-hydroxylation sites is 1. The Balaban J connectivity index is 1.44. The van der Waals surface area contributed by atoms with Gasteiger partial charge in [0.15, 0.2) is 0 Å². The zero-order valence-electron chi connectivity index (χ0n) is 17.3. The summed E-state index contributed by atoms with van der Waals surface area (Å²) in [6.45, 7) is 2.97. The second-order valence-electron chi connectivity index (χ2n) is 7.54. The van der Waals surface area contributed by atoms with Gasteiger partial charge in [0.2, 0.25) is 0 Å². The van der Waals surface area contributed by atoms with Crippen LogP contribution in [0.1, 0.15) is 10.4 Å². The maximum absolute atomic E-state index is 13.4. The van der Waals surface area contributed by atoms with Crippen LogP contribution < -0.4 is 10.2 Å². The Morgan fingerprint density at radius 1 is 1.00 bits per heavy atom. The molecule has 0 unspecified atom stereocenters. The molecule has 3 heterocycles. The topological polar surface area (TPSA) is 67.4 Å². The Morgan fingerprint density at radius 3 is 2.53 bits per heavy atom. The molecule has 7 heteroatoms. The van der Waals surface area contributed by atoms with Crippen LogP contribution >= 0.6 is 0 Å². The van der Waals surface area contributed by atoms with E-state index in [9.17, 15) is 9.18 Å². The number of nitrogens with one attached hydrogen (secondary N) is 1. The molecular formula is C25H21FN4O2. The van der Waals surface area contributed by atoms with Gasteiger partial charge in [-0.25, -0.2) is 14.4 Å². The third kappa shape index (κ3) is 4.15. The fraction of sp³-hybridized carbons (Fsp3) is 0.160. The van der Waals surface area contributed by atoms with Crippen molar-refractivity contribution < 1.29 is 13.9 Å². The van der Waals surface area contributed by atoms with Crippen molar-refractivity contribution in [2.24, 2.45) is 0 Å². The average Bonchev–Trinajstić information content (AvgIpc) is 2.85. The molecule has 1 fully saturated rings. The van der Waals surface area contributed by atoms with E-state index in [0.717, 1.165) is 29.9 Å². The molecule has 160 valence electrons. The van der Waals surface area contributed by atoms with E-state index in [1.807, 2.05) is 36.4 Å². The van der Waals surface area contributed by atoms with E-state index in [1.165, 1.54) is 12.1 Å². The van der Waals surface area contributed by atoms with E-state index in [-0.39, 0.29) is 11.7 Å². The van der Waals surface area contributed by atoms with E-state index >= 15 is 0 Å². The van der Waals surface area contributed by atoms with E-state index in [0.29, 0.717) is 35.7 Å². The van der Waals surface area contributed by atoms with Crippen molar-refractivity contribution in [1.82, 2.24) is 9.97 Å². The number of pyridine rings is 2. The molecule has 1 N–H and O–H groups in total. The molecule has 2 aromatic heterocycles. The van der Waals surface area contributed by atoms with Crippen LogP contribution in [0.2, 0.25) is 0 Å². The van der Waals surface area contributed by atoms with Crippen LogP contribution in [-0.4, -0.2) is 42.2 Å². The number of fused-ring (bicyclic) bond motifs is 1. The van der Waals surface area contributed by atoms with E-state index in [2.05, 4.69) is 20.2 Å². The van der Waals surface area contributed by atoms with Crippen LogP contribution in [0.5, 0.6) is 0 Å². The summed E-state index contributed by atoms with van der Waals surface area (Å²) in [7, 11) is 0. The first-order valence-electron chi connectivity index (χ1n) is 10.4. The van der Waals surface area contributed by atoms with Gasteiger partial charge in [-0.3, -0.25) is 4.79 Å². The minimum atomic E-state index is -0.319. The number of morpholine rings is 1. The van der Waals surface area contributed by atoms with Gasteiger partial charge in [0, 0.05) is 24.0 Å². The first kappa shape index (κ1) is 20.1. The van der Waals surface area contributed by atoms with Gasteiger partial charge in [-0.05, 0) is 48.5 Å². The SMILES string of the molecule is O=C(Nc1ccc(N2CCOCC2)nc1)c1cc(-c2ccc(F)cc2)nc2ccccc12. The molecule has 1 amide bonds. The van der Waals surface area contributed by atoms with Gasteiger partial charge in [-0.1, -0.05) is 18.2 Å². The molecule has 0 radical (unpaired) electrons. The fourth-order valence-electron chi connectivity index (χ4n) is 3.77. The predicted octanol–water partition coefficient (Wildman–Crippen LogP) is 4.52. The summed E-state index contributed by atoms with van der Waals surface area (Å²) in [5, 5.41) is 3.68. The maximum atomic E-state index is 13.4. The lowest BCUT2D eigenvalue weighted by Crippen LogP contribution is -2.36. The maximum Gasteiger partial charge on any atom is 0.256 e. The highest BCUT2D eigenvalue weighted by Gasteiger charge is 2.16. The Kier molecular flexibility index (Phi) is 5.47. The smallest absolute Gasteiger partial charge is 0.256 e. The summed E-state index contributed by atoms with van der Waals surface area (Å²) in [6.07, 6.45) is 1.66. The Bertz CT molecular complexity index is 1250. The second kappa shape index (κ2) is 8.72. The highest BCUT2D eigenvalue weighted by atomic mass is 19.1. The molecule has 0 saturated carbocycles. The predicted molar refractivity (Wildman–Crippen MR) is 122 cm³/mol. The van der Waals surface area contributed by atoms with Crippen molar-refractivity contribution in [2.45, 2.75) is 0 Å². The molecule has 5 rings (SSSR count). The van der Waals surface area contributed by atoms with Crippen molar-refractivity contribution in [3.8, 4) is 11.3 Å². The Morgan fingerprint density at radius 2 is 1.78 bits per heavy atom. The zero-order chi connectivity index (χ0) is 21.9. The van der Waals surface area contributed by atoms with Gasteiger partial charge in [0.25, 0.3) is 5.91 Å². The lowest BCUT2D eigenvalue weighted by Gasteiger charge is -2.27. The first-order chi connectivity index (χ1) is 15.7. The standard InChI is InChI=1S/C25H21FN4O2/c26-18-7-5-17(6-8-18)23-15-21(20-3-1-2-4-22(20)29-23)25(31)28-19-9-10-24(27-16-19)30-11-13-32-14-12-30/h1-10,15-16H,11-14H2,(H,28,31). The van der Waals surface area contributed by atoms with Crippen molar-refractivity contribution in [1.29, 1.82) is 0 Å². The number of hydrogen-bond donors (Lipinski definition) is 1. The Hall–Kier alpha value is -3.84. The number of nitrogens with zero attached hydrogens (tertiary/aromatic N) is 3. The fourth-order valence-corrected chi connectivity index (χ4v) is 3.77. The number of rotatable bonds is 4. The highest BCUT2D eigenvalue weighted by molar-refractivity contribution is 6.13. The van der Waals surface area contributed by atoms with Gasteiger partial charge in [0.05, 0.1) is 41.9 Å². The van der Waals surface area contributed by atoms with Gasteiger partial charge >= 0.3 is 0 Å². The molecule has 1 saturated heterocycles. The number of hydrogen-bond acceptors (Lipinski definition) is 5. The molecule has 32 heavy (non-hydrogen) atoms. The summed E-state index contributed by atoms with van der Waals surface area (Å²) in [4.78, 5) is 24.5. The molecule has 6 nitrogen and oxygen atoms in total. The number of aromatic nitrogens is 2. The van der Waals surface area contributed by atoms with Crippen molar-refractivity contribution in [3.05, 3.63) is 84.3 Å². The van der Waals surface area contributed by atoms with Crippen molar-refractivity contribution in [3.63, 3.8) is 0 Å². The van der Waals surface area contributed by atoms with E-state index < -0.39 is 0 Å². The third-order valence-corrected chi connectivity index (χ3v) is 5.44. The number of amides is 1. The monoisotopic (exact) mass is 428 g/mol. The van der Waals surface area contributed by atoms with Crippen molar-refractivity contribution >= 4 is 28.3 Å². The minimum Gasteiger partial charge on any atom is -0.378 e. The molecule has 0 aliphatic carbocycles. The summed E-state index contributed by atoms with van der Waals surface area (Å²) in [5.41, 5.74) is 3.14. The van der Waals surface area contributed by atoms with E-state index in [1.54, 1.807) is 24.4 Å².